The molecule has 0 saturated carbocycles. The molecule has 1 fully saturated rings. The van der Waals surface area contributed by atoms with E-state index in [0.717, 1.165) is 5.56 Å². The Kier molecular flexibility index (Phi) is 6.80. The number of aryl methyl sites for hydroxylation is 1. The number of rotatable bonds is 5. The minimum atomic E-state index is -2.96. The minimum absolute atomic E-state index is 0. The van der Waals surface area contributed by atoms with E-state index in [2.05, 4.69) is 20.5 Å². The van der Waals surface area contributed by atoms with E-state index in [9.17, 15) is 13.6 Å². The highest BCUT2D eigenvalue weighted by atomic mass is 35.5. The Hall–Kier alpha value is -1.90. The SMILES string of the molecule is Cl.Cn1cc([C@H]2CNC[C@@H]2C(=O)Nc2ccc(OC(F)F)c(Cl)c2)cn1. The predicted molar refractivity (Wildman–Crippen MR) is 96.3 cm³/mol. The van der Waals surface area contributed by atoms with Crippen molar-refractivity contribution in [3.05, 3.63) is 41.2 Å². The average molecular weight is 407 g/mol. The van der Waals surface area contributed by atoms with Crippen molar-refractivity contribution in [1.29, 1.82) is 0 Å². The first-order chi connectivity index (χ1) is 11.9. The van der Waals surface area contributed by atoms with E-state index in [-0.39, 0.29) is 40.9 Å². The predicted octanol–water partition coefficient (Wildman–Crippen LogP) is 3.04. The molecule has 0 aliphatic carbocycles. The molecule has 1 aromatic carbocycles. The minimum Gasteiger partial charge on any atom is -0.433 e. The largest absolute Gasteiger partial charge is 0.433 e. The van der Waals surface area contributed by atoms with Crippen LogP contribution in [0, 0.1) is 5.92 Å². The molecule has 0 radical (unpaired) electrons. The first kappa shape index (κ1) is 20.4. The van der Waals surface area contributed by atoms with Crippen LogP contribution in [0.15, 0.2) is 30.6 Å². The highest BCUT2D eigenvalue weighted by molar-refractivity contribution is 6.32. The van der Waals surface area contributed by atoms with Crippen molar-refractivity contribution in [2.45, 2.75) is 12.5 Å². The number of alkyl halides is 2. The molecule has 1 aromatic heterocycles. The van der Waals surface area contributed by atoms with Crippen molar-refractivity contribution < 1.29 is 18.3 Å². The first-order valence-electron chi connectivity index (χ1n) is 7.68. The summed E-state index contributed by atoms with van der Waals surface area (Å²) >= 11 is 5.91. The zero-order chi connectivity index (χ0) is 18.0. The van der Waals surface area contributed by atoms with Crippen LogP contribution in [0.1, 0.15) is 11.5 Å². The molecule has 1 aliphatic heterocycles. The number of nitrogens with one attached hydrogen (secondary N) is 2. The van der Waals surface area contributed by atoms with Gasteiger partial charge in [-0.3, -0.25) is 9.48 Å². The summed E-state index contributed by atoms with van der Waals surface area (Å²) in [6.45, 7) is -1.72. The summed E-state index contributed by atoms with van der Waals surface area (Å²) in [7, 11) is 1.83. The molecule has 2 N–H and O–H groups in total. The number of carbonyl (C=O) groups excluding carboxylic acids is 1. The van der Waals surface area contributed by atoms with Gasteiger partial charge in [-0.25, -0.2) is 0 Å². The summed E-state index contributed by atoms with van der Waals surface area (Å²) in [5.74, 6) is -0.548. The zero-order valence-corrected chi connectivity index (χ0v) is 15.4. The molecule has 142 valence electrons. The maximum atomic E-state index is 12.6. The normalized spacial score (nSPS) is 19.3. The van der Waals surface area contributed by atoms with E-state index in [0.29, 0.717) is 18.8 Å². The quantitative estimate of drug-likeness (QED) is 0.800. The molecule has 6 nitrogen and oxygen atoms in total. The molecule has 3 rings (SSSR count). The summed E-state index contributed by atoms with van der Waals surface area (Å²) in [6.07, 6.45) is 3.65. The van der Waals surface area contributed by atoms with Gasteiger partial charge in [-0.1, -0.05) is 11.6 Å². The maximum absolute atomic E-state index is 12.6. The summed E-state index contributed by atoms with van der Waals surface area (Å²) in [6, 6.07) is 4.16. The van der Waals surface area contributed by atoms with E-state index in [1.165, 1.54) is 18.2 Å². The second kappa shape index (κ2) is 8.66. The third-order valence-corrected chi connectivity index (χ3v) is 4.41. The van der Waals surface area contributed by atoms with Crippen LogP contribution in [0.4, 0.5) is 14.5 Å². The van der Waals surface area contributed by atoms with Gasteiger partial charge in [0.2, 0.25) is 5.91 Å². The maximum Gasteiger partial charge on any atom is 0.387 e. The number of nitrogens with zero attached hydrogens (tertiary/aromatic N) is 2. The average Bonchev–Trinajstić information content (AvgIpc) is 3.18. The van der Waals surface area contributed by atoms with E-state index >= 15 is 0 Å². The standard InChI is InChI=1S/C16H17ClF2N4O2.ClH/c1-23-8-9(5-21-23)11-6-20-7-12(11)15(24)22-10-2-3-14(13(17)4-10)25-16(18)19;/h2-5,8,11-12,16,20H,6-7H2,1H3,(H,22,24);1H/t11-,12+;/m1./s1. The third kappa shape index (κ3) is 4.63. The van der Waals surface area contributed by atoms with Crippen LogP contribution in [-0.2, 0) is 11.8 Å². The Balaban J connectivity index is 0.00000243. The van der Waals surface area contributed by atoms with Crippen LogP contribution in [0.2, 0.25) is 5.02 Å². The van der Waals surface area contributed by atoms with Gasteiger partial charge in [0.25, 0.3) is 0 Å². The zero-order valence-electron chi connectivity index (χ0n) is 13.8. The van der Waals surface area contributed by atoms with Gasteiger partial charge in [-0.2, -0.15) is 13.9 Å². The molecule has 2 atom stereocenters. The monoisotopic (exact) mass is 406 g/mol. The number of hydrogen-bond acceptors (Lipinski definition) is 4. The van der Waals surface area contributed by atoms with Gasteiger partial charge in [0, 0.05) is 37.9 Å². The molecule has 2 heterocycles. The van der Waals surface area contributed by atoms with Crippen molar-refractivity contribution in [3.63, 3.8) is 0 Å². The number of amides is 1. The lowest BCUT2D eigenvalue weighted by Crippen LogP contribution is -2.28. The van der Waals surface area contributed by atoms with Gasteiger partial charge in [-0.15, -0.1) is 12.4 Å². The van der Waals surface area contributed by atoms with Crippen LogP contribution in [0.3, 0.4) is 0 Å². The van der Waals surface area contributed by atoms with Gasteiger partial charge in [0.1, 0.15) is 5.75 Å². The smallest absolute Gasteiger partial charge is 0.387 e. The Bertz CT molecular complexity index is 772. The number of benzene rings is 1. The van der Waals surface area contributed by atoms with E-state index in [1.54, 1.807) is 10.9 Å². The Morgan fingerprint density at radius 1 is 1.46 bits per heavy atom. The number of carbonyl (C=O) groups is 1. The molecular formula is C16H18Cl2F2N4O2. The Morgan fingerprint density at radius 3 is 2.85 bits per heavy atom. The molecule has 1 amide bonds. The van der Waals surface area contributed by atoms with Crippen LogP contribution < -0.4 is 15.4 Å². The highest BCUT2D eigenvalue weighted by Gasteiger charge is 2.34. The topological polar surface area (TPSA) is 68.2 Å². The van der Waals surface area contributed by atoms with E-state index in [4.69, 9.17) is 11.6 Å². The lowest BCUT2D eigenvalue weighted by Gasteiger charge is -2.17. The first-order valence-corrected chi connectivity index (χ1v) is 8.06. The van der Waals surface area contributed by atoms with Gasteiger partial charge in [-0.05, 0) is 23.8 Å². The second-order valence-corrected chi connectivity index (χ2v) is 6.24. The van der Waals surface area contributed by atoms with Crippen LogP contribution >= 0.6 is 24.0 Å². The van der Waals surface area contributed by atoms with Crippen LogP contribution in [0.25, 0.3) is 0 Å². The van der Waals surface area contributed by atoms with Gasteiger partial charge >= 0.3 is 6.61 Å². The molecule has 2 aromatic rings. The van der Waals surface area contributed by atoms with Gasteiger partial charge in [0.05, 0.1) is 17.1 Å². The fourth-order valence-electron chi connectivity index (χ4n) is 2.94. The molecule has 0 bridgehead atoms. The fourth-order valence-corrected chi connectivity index (χ4v) is 3.17. The second-order valence-electron chi connectivity index (χ2n) is 5.83. The van der Waals surface area contributed by atoms with Gasteiger partial charge in [0.15, 0.2) is 0 Å². The summed E-state index contributed by atoms with van der Waals surface area (Å²) in [4.78, 5) is 12.6. The molecular weight excluding hydrogens is 389 g/mol. The molecule has 1 aliphatic rings. The fraction of sp³-hybridized carbons (Fsp3) is 0.375. The van der Waals surface area contributed by atoms with Crippen molar-refractivity contribution >= 4 is 35.6 Å². The summed E-state index contributed by atoms with van der Waals surface area (Å²) in [5, 5.41) is 10.1. The van der Waals surface area contributed by atoms with Crippen molar-refractivity contribution in [2.24, 2.45) is 13.0 Å². The number of anilines is 1. The van der Waals surface area contributed by atoms with Crippen molar-refractivity contribution in [3.8, 4) is 5.75 Å². The summed E-state index contributed by atoms with van der Waals surface area (Å²) in [5.41, 5.74) is 1.42. The van der Waals surface area contributed by atoms with Crippen molar-refractivity contribution in [2.75, 3.05) is 18.4 Å². The lowest BCUT2D eigenvalue weighted by molar-refractivity contribution is -0.119. The van der Waals surface area contributed by atoms with Crippen molar-refractivity contribution in [1.82, 2.24) is 15.1 Å². The molecule has 10 heteroatoms. The summed E-state index contributed by atoms with van der Waals surface area (Å²) < 4.78 is 30.5. The van der Waals surface area contributed by atoms with Gasteiger partial charge < -0.3 is 15.4 Å². The number of halogens is 4. The van der Waals surface area contributed by atoms with E-state index in [1.807, 2.05) is 13.2 Å². The lowest BCUT2D eigenvalue weighted by atomic mass is 9.90. The number of hydrogen-bond donors (Lipinski definition) is 2. The molecule has 1 saturated heterocycles. The number of aromatic nitrogens is 2. The number of ether oxygens (including phenoxy) is 1. The third-order valence-electron chi connectivity index (χ3n) is 4.12. The van der Waals surface area contributed by atoms with Crippen LogP contribution in [-0.4, -0.2) is 35.4 Å². The Labute approximate surface area is 160 Å². The van der Waals surface area contributed by atoms with Crippen LogP contribution in [0.5, 0.6) is 5.75 Å². The highest BCUT2D eigenvalue weighted by Crippen LogP contribution is 2.31. The Morgan fingerprint density at radius 2 is 2.23 bits per heavy atom. The molecule has 0 unspecified atom stereocenters. The molecule has 0 spiro atoms. The molecule has 26 heavy (non-hydrogen) atoms. The van der Waals surface area contributed by atoms with E-state index < -0.39 is 6.61 Å².